The highest BCUT2D eigenvalue weighted by Gasteiger charge is 2.04. The molecule has 0 aliphatic carbocycles. The van der Waals surface area contributed by atoms with E-state index < -0.39 is 0 Å². The van der Waals surface area contributed by atoms with Crippen LogP contribution >= 0.6 is 15.9 Å². The molecule has 2 aromatic carbocycles. The molecule has 160 valence electrons. The van der Waals surface area contributed by atoms with Crippen LogP contribution in [0.25, 0.3) is 21.5 Å². The highest BCUT2D eigenvalue weighted by molar-refractivity contribution is 9.10. The molecule has 0 aliphatic heterocycles. The molecule has 0 atom stereocenters. The number of pyridine rings is 2. The number of hydrogen-bond donors (Lipinski definition) is 0. The number of nitrogens with zero attached hydrogens (tertiary/aromatic N) is 2. The van der Waals surface area contributed by atoms with Crippen LogP contribution in [0, 0.1) is 0 Å². The molecule has 0 radical (unpaired) electrons. The molecular formula is C26H27BrN2O2. The standard InChI is InChI=1S/C11H9NO.C9H6BrN.C6H12O/c1-8(13)11-7-12-6-9-4-2-3-5-10(9)11;10-9-6-11-5-7-3-1-2-4-8(7)9;1-3-5-6-7-4-2/h2-7H,1H3;1-6H;4H,2-3,5-6H2,1H3. The quantitative estimate of drug-likeness (QED) is 0.170. The topological polar surface area (TPSA) is 52.1 Å². The number of benzene rings is 2. The van der Waals surface area contributed by atoms with Crippen LogP contribution in [0.5, 0.6) is 0 Å². The number of halogens is 1. The summed E-state index contributed by atoms with van der Waals surface area (Å²) >= 11 is 3.43. The third-order valence-corrected chi connectivity index (χ3v) is 5.03. The van der Waals surface area contributed by atoms with Crippen LogP contribution in [-0.2, 0) is 4.74 Å². The van der Waals surface area contributed by atoms with E-state index in [0.29, 0.717) is 5.56 Å². The van der Waals surface area contributed by atoms with Gasteiger partial charge >= 0.3 is 0 Å². The highest BCUT2D eigenvalue weighted by atomic mass is 79.9. The first-order valence-corrected chi connectivity index (χ1v) is 10.9. The van der Waals surface area contributed by atoms with Gasteiger partial charge in [0, 0.05) is 45.6 Å². The molecule has 0 spiro atoms. The van der Waals surface area contributed by atoms with Crippen molar-refractivity contribution in [3.8, 4) is 0 Å². The molecule has 0 aliphatic rings. The average molecular weight is 479 g/mol. The van der Waals surface area contributed by atoms with Gasteiger partial charge in [-0.2, -0.15) is 0 Å². The smallest absolute Gasteiger partial charge is 0.161 e. The van der Waals surface area contributed by atoms with Gasteiger partial charge in [-0.05, 0) is 40.0 Å². The number of rotatable bonds is 5. The molecule has 31 heavy (non-hydrogen) atoms. The molecule has 0 saturated carbocycles. The van der Waals surface area contributed by atoms with Crippen molar-refractivity contribution in [2.75, 3.05) is 6.61 Å². The lowest BCUT2D eigenvalue weighted by molar-refractivity contribution is 0.101. The Balaban J connectivity index is 0.000000174. The second-order valence-corrected chi connectivity index (χ2v) is 7.55. The molecule has 2 heterocycles. The Morgan fingerprint density at radius 3 is 2.13 bits per heavy atom. The van der Waals surface area contributed by atoms with Crippen LogP contribution < -0.4 is 0 Å². The van der Waals surface area contributed by atoms with Crippen molar-refractivity contribution >= 4 is 43.3 Å². The average Bonchev–Trinajstić information content (AvgIpc) is 2.80. The second kappa shape index (κ2) is 13.3. The zero-order chi connectivity index (χ0) is 22.5. The number of carbonyl (C=O) groups excluding carboxylic acids is 1. The Bertz CT molecular complexity index is 1120. The Morgan fingerprint density at radius 1 is 0.968 bits per heavy atom. The van der Waals surface area contributed by atoms with Crippen LogP contribution in [-0.4, -0.2) is 22.4 Å². The first-order chi connectivity index (χ1) is 15.1. The lowest BCUT2D eigenvalue weighted by Crippen LogP contribution is -1.94. The minimum Gasteiger partial charge on any atom is -0.502 e. The molecule has 0 saturated heterocycles. The first kappa shape index (κ1) is 24.2. The Hall–Kier alpha value is -3.05. The zero-order valence-corrected chi connectivity index (χ0v) is 19.5. The summed E-state index contributed by atoms with van der Waals surface area (Å²) in [6.07, 6.45) is 10.9. The minimum atomic E-state index is 0.0595. The maximum atomic E-state index is 11.2. The van der Waals surface area contributed by atoms with Crippen molar-refractivity contribution in [3.63, 3.8) is 0 Å². The van der Waals surface area contributed by atoms with Crippen LogP contribution in [0.15, 0.2) is 90.6 Å². The van der Waals surface area contributed by atoms with Gasteiger partial charge in [-0.1, -0.05) is 68.5 Å². The fraction of sp³-hybridized carbons (Fsp3) is 0.192. The van der Waals surface area contributed by atoms with Gasteiger partial charge in [0.25, 0.3) is 0 Å². The number of fused-ring (bicyclic) bond motifs is 2. The van der Waals surface area contributed by atoms with Crippen LogP contribution in [0.4, 0.5) is 0 Å². The van der Waals surface area contributed by atoms with Gasteiger partial charge in [0.05, 0.1) is 12.9 Å². The summed E-state index contributed by atoms with van der Waals surface area (Å²) in [5.41, 5.74) is 0.693. The Labute approximate surface area is 192 Å². The van der Waals surface area contributed by atoms with Gasteiger partial charge in [-0.25, -0.2) is 0 Å². The van der Waals surface area contributed by atoms with Gasteiger partial charge < -0.3 is 4.74 Å². The lowest BCUT2D eigenvalue weighted by atomic mass is 10.1. The van der Waals surface area contributed by atoms with Gasteiger partial charge in [0.15, 0.2) is 5.78 Å². The van der Waals surface area contributed by atoms with E-state index >= 15 is 0 Å². The van der Waals surface area contributed by atoms with Gasteiger partial charge in [0.2, 0.25) is 0 Å². The van der Waals surface area contributed by atoms with Crippen molar-refractivity contribution in [1.82, 2.24) is 9.97 Å². The normalized spacial score (nSPS) is 9.77. The predicted molar refractivity (Wildman–Crippen MR) is 132 cm³/mol. The second-order valence-electron chi connectivity index (χ2n) is 6.70. The molecular weight excluding hydrogens is 452 g/mol. The molecule has 0 fully saturated rings. The number of ether oxygens (including phenoxy) is 1. The van der Waals surface area contributed by atoms with Crippen molar-refractivity contribution in [2.45, 2.75) is 26.7 Å². The minimum absolute atomic E-state index is 0.0595. The van der Waals surface area contributed by atoms with Crippen LogP contribution in [0.1, 0.15) is 37.0 Å². The molecule has 2 aromatic heterocycles. The third-order valence-electron chi connectivity index (χ3n) is 4.40. The summed E-state index contributed by atoms with van der Waals surface area (Å²) in [4.78, 5) is 19.3. The molecule has 0 unspecified atom stereocenters. The van der Waals surface area contributed by atoms with Crippen molar-refractivity contribution in [1.29, 1.82) is 0 Å². The lowest BCUT2D eigenvalue weighted by Gasteiger charge is -2.00. The summed E-state index contributed by atoms with van der Waals surface area (Å²) in [6, 6.07) is 15.9. The summed E-state index contributed by atoms with van der Waals surface area (Å²) in [7, 11) is 0. The number of ketones is 1. The fourth-order valence-electron chi connectivity index (χ4n) is 2.79. The maximum absolute atomic E-state index is 11.2. The number of unbranched alkanes of at least 4 members (excludes halogenated alkanes) is 1. The van der Waals surface area contributed by atoms with Crippen molar-refractivity contribution < 1.29 is 9.53 Å². The van der Waals surface area contributed by atoms with Gasteiger partial charge in [-0.3, -0.25) is 14.8 Å². The number of Topliss-reactive ketones (excluding diaryl/α,β-unsaturated/α-hetero) is 1. The molecule has 4 rings (SSSR count). The van der Waals surface area contributed by atoms with E-state index in [1.54, 1.807) is 19.3 Å². The summed E-state index contributed by atoms with van der Waals surface area (Å²) in [5.74, 6) is 0.0595. The van der Waals surface area contributed by atoms with Crippen molar-refractivity contribution in [2.24, 2.45) is 0 Å². The van der Waals surface area contributed by atoms with Crippen LogP contribution in [0.2, 0.25) is 0 Å². The van der Waals surface area contributed by atoms with Gasteiger partial charge in [0.1, 0.15) is 0 Å². The van der Waals surface area contributed by atoms with Gasteiger partial charge in [-0.15, -0.1) is 0 Å². The largest absolute Gasteiger partial charge is 0.502 e. The number of carbonyl (C=O) groups is 1. The fourth-order valence-corrected chi connectivity index (χ4v) is 3.27. The Kier molecular flexibility index (Phi) is 10.4. The third kappa shape index (κ3) is 7.61. The van der Waals surface area contributed by atoms with E-state index in [4.69, 9.17) is 4.74 Å². The summed E-state index contributed by atoms with van der Waals surface area (Å²) < 4.78 is 5.89. The molecule has 0 bridgehead atoms. The summed E-state index contributed by atoms with van der Waals surface area (Å²) in [6.45, 7) is 7.92. The zero-order valence-electron chi connectivity index (χ0n) is 17.9. The molecule has 4 nitrogen and oxygen atoms in total. The van der Waals surface area contributed by atoms with E-state index in [2.05, 4.69) is 45.5 Å². The maximum Gasteiger partial charge on any atom is 0.161 e. The Morgan fingerprint density at radius 2 is 1.55 bits per heavy atom. The molecule has 4 aromatic rings. The predicted octanol–water partition coefficient (Wildman–Crippen LogP) is 7.38. The first-order valence-electron chi connectivity index (χ1n) is 10.1. The van der Waals surface area contributed by atoms with E-state index in [1.165, 1.54) is 23.5 Å². The SMILES string of the molecule is Brc1cncc2ccccc12.C=COCCCC.CC(=O)c1cncc2ccccc12. The monoisotopic (exact) mass is 478 g/mol. The molecule has 5 heteroatoms. The summed E-state index contributed by atoms with van der Waals surface area (Å²) in [5, 5.41) is 4.37. The van der Waals surface area contributed by atoms with Crippen LogP contribution in [0.3, 0.4) is 0 Å². The molecule has 0 N–H and O–H groups in total. The number of aromatic nitrogens is 2. The van der Waals surface area contributed by atoms with E-state index in [-0.39, 0.29) is 5.78 Å². The van der Waals surface area contributed by atoms with E-state index in [9.17, 15) is 4.79 Å². The van der Waals surface area contributed by atoms with E-state index in [0.717, 1.165) is 28.3 Å². The highest BCUT2D eigenvalue weighted by Crippen LogP contribution is 2.21. The molecule has 0 amide bonds. The van der Waals surface area contributed by atoms with Crippen molar-refractivity contribution in [3.05, 3.63) is 96.2 Å². The number of hydrogen-bond acceptors (Lipinski definition) is 4. The van der Waals surface area contributed by atoms with E-state index in [1.807, 2.05) is 54.9 Å².